The predicted octanol–water partition coefficient (Wildman–Crippen LogP) is 2.65. The van der Waals surface area contributed by atoms with Crippen LogP contribution in [0, 0.1) is 0 Å². The summed E-state index contributed by atoms with van der Waals surface area (Å²) >= 11 is 11.0. The molecule has 1 N–H and O–H groups in total. The highest BCUT2D eigenvalue weighted by Crippen LogP contribution is 2.24. The Morgan fingerprint density at radius 2 is 2.13 bits per heavy atom. The largest absolute Gasteiger partial charge is 0.477 e. The normalized spacial score (nSPS) is 11.5. The summed E-state index contributed by atoms with van der Waals surface area (Å²) < 4.78 is 25.5. The zero-order chi connectivity index (χ0) is 11.6. The third-order valence-corrected chi connectivity index (χ3v) is 2.28. The number of carboxylic acids is 1. The van der Waals surface area contributed by atoms with E-state index >= 15 is 0 Å². The van der Waals surface area contributed by atoms with Gasteiger partial charge < -0.3 is 5.11 Å². The van der Waals surface area contributed by atoms with Gasteiger partial charge in [-0.15, -0.1) is 0 Å². The summed E-state index contributed by atoms with van der Waals surface area (Å²) in [6, 6.07) is 1.16. The lowest BCUT2D eigenvalue weighted by atomic mass is 10.1. The quantitative estimate of drug-likeness (QED) is 0.845. The second-order valence-corrected chi connectivity index (χ2v) is 3.57. The molecule has 0 spiro atoms. The lowest BCUT2D eigenvalue weighted by Crippen LogP contribution is -2.30. The van der Waals surface area contributed by atoms with E-state index in [0.717, 1.165) is 12.3 Å². The number of rotatable bonds is 3. The SMILES string of the molecule is O=C(O)C(F)(F)Cc1cnc(Cl)c(Cl)c1. The Balaban J connectivity index is 2.91. The maximum absolute atomic E-state index is 12.8. The molecule has 0 saturated heterocycles. The molecule has 0 fully saturated rings. The molecule has 0 unspecified atom stereocenters. The number of alkyl halides is 2. The Hall–Kier alpha value is -0.940. The number of aliphatic carboxylic acids is 1. The summed E-state index contributed by atoms with van der Waals surface area (Å²) in [6.45, 7) is 0. The van der Waals surface area contributed by atoms with Crippen molar-refractivity contribution in [3.05, 3.63) is 28.0 Å². The van der Waals surface area contributed by atoms with E-state index in [1.165, 1.54) is 0 Å². The van der Waals surface area contributed by atoms with Crippen molar-refractivity contribution in [2.75, 3.05) is 0 Å². The van der Waals surface area contributed by atoms with Gasteiger partial charge in [0.25, 0.3) is 0 Å². The van der Waals surface area contributed by atoms with E-state index in [4.69, 9.17) is 28.3 Å². The zero-order valence-corrected chi connectivity index (χ0v) is 8.69. The van der Waals surface area contributed by atoms with Crippen LogP contribution in [-0.2, 0) is 11.2 Å². The zero-order valence-electron chi connectivity index (χ0n) is 7.18. The fourth-order valence-corrected chi connectivity index (χ4v) is 1.18. The van der Waals surface area contributed by atoms with Gasteiger partial charge >= 0.3 is 11.9 Å². The maximum Gasteiger partial charge on any atom is 0.374 e. The molecule has 0 saturated carbocycles. The number of aromatic nitrogens is 1. The molecule has 1 aromatic rings. The first-order valence-electron chi connectivity index (χ1n) is 3.74. The van der Waals surface area contributed by atoms with Gasteiger partial charge in [0.05, 0.1) is 5.02 Å². The molecule has 0 aliphatic heterocycles. The second-order valence-electron chi connectivity index (χ2n) is 2.80. The molecule has 82 valence electrons. The van der Waals surface area contributed by atoms with Crippen LogP contribution in [0.25, 0.3) is 0 Å². The average molecular weight is 256 g/mol. The number of carboxylic acid groups (broad SMARTS) is 1. The van der Waals surface area contributed by atoms with E-state index in [1.807, 2.05) is 0 Å². The Morgan fingerprint density at radius 3 is 2.60 bits per heavy atom. The van der Waals surface area contributed by atoms with E-state index in [0.29, 0.717) is 0 Å². The van der Waals surface area contributed by atoms with Gasteiger partial charge in [-0.3, -0.25) is 0 Å². The third-order valence-electron chi connectivity index (χ3n) is 1.59. The summed E-state index contributed by atoms with van der Waals surface area (Å²) in [4.78, 5) is 13.7. The highest BCUT2D eigenvalue weighted by atomic mass is 35.5. The van der Waals surface area contributed by atoms with Crippen LogP contribution in [0.5, 0.6) is 0 Å². The fourth-order valence-electron chi connectivity index (χ4n) is 0.889. The van der Waals surface area contributed by atoms with Gasteiger partial charge in [-0.2, -0.15) is 8.78 Å². The first-order valence-corrected chi connectivity index (χ1v) is 4.49. The molecule has 0 atom stereocenters. The van der Waals surface area contributed by atoms with Crippen LogP contribution in [0.3, 0.4) is 0 Å². The Bertz CT molecular complexity index is 398. The van der Waals surface area contributed by atoms with Crippen molar-refractivity contribution in [1.29, 1.82) is 0 Å². The van der Waals surface area contributed by atoms with E-state index < -0.39 is 18.3 Å². The molecule has 15 heavy (non-hydrogen) atoms. The summed E-state index contributed by atoms with van der Waals surface area (Å²) in [7, 11) is 0. The van der Waals surface area contributed by atoms with Gasteiger partial charge in [-0.1, -0.05) is 23.2 Å². The lowest BCUT2D eigenvalue weighted by molar-refractivity contribution is -0.164. The molecule has 1 rings (SSSR count). The molecule has 0 aliphatic carbocycles. The Kier molecular flexibility index (Phi) is 3.46. The van der Waals surface area contributed by atoms with Crippen molar-refractivity contribution in [1.82, 2.24) is 4.98 Å². The first-order chi connectivity index (χ1) is 6.83. The predicted molar refractivity (Wildman–Crippen MR) is 50.5 cm³/mol. The maximum atomic E-state index is 12.8. The highest BCUT2D eigenvalue weighted by molar-refractivity contribution is 6.41. The molecular formula is C8H5Cl2F2NO2. The second kappa shape index (κ2) is 4.28. The summed E-state index contributed by atoms with van der Waals surface area (Å²) in [5.41, 5.74) is 0.0109. The molecule has 3 nitrogen and oxygen atoms in total. The minimum absolute atomic E-state index is 0.00959. The van der Waals surface area contributed by atoms with E-state index in [2.05, 4.69) is 4.98 Å². The van der Waals surface area contributed by atoms with Crippen LogP contribution in [0.1, 0.15) is 5.56 Å². The van der Waals surface area contributed by atoms with Gasteiger partial charge in [0, 0.05) is 12.6 Å². The Labute approximate surface area is 93.6 Å². The van der Waals surface area contributed by atoms with E-state index in [9.17, 15) is 13.6 Å². The number of halogens is 4. The van der Waals surface area contributed by atoms with Crippen LogP contribution < -0.4 is 0 Å². The first kappa shape index (κ1) is 12.1. The van der Waals surface area contributed by atoms with Gasteiger partial charge in [-0.05, 0) is 11.6 Å². The standard InChI is InChI=1S/C8H5Cl2F2NO2/c9-5-1-4(3-13-6(5)10)2-8(11,12)7(14)15/h1,3H,2H2,(H,14,15). The number of pyridine rings is 1. The molecule has 1 heterocycles. The molecular weight excluding hydrogens is 251 g/mol. The Morgan fingerprint density at radius 1 is 1.53 bits per heavy atom. The van der Waals surface area contributed by atoms with Crippen LogP contribution in [0.4, 0.5) is 8.78 Å². The van der Waals surface area contributed by atoms with Crippen molar-refractivity contribution in [2.24, 2.45) is 0 Å². The lowest BCUT2D eigenvalue weighted by Gasteiger charge is -2.10. The highest BCUT2D eigenvalue weighted by Gasteiger charge is 2.38. The smallest absolute Gasteiger partial charge is 0.374 e. The average Bonchev–Trinajstić information content (AvgIpc) is 2.10. The van der Waals surface area contributed by atoms with E-state index in [-0.39, 0.29) is 15.7 Å². The molecule has 0 aromatic carbocycles. The molecule has 0 bridgehead atoms. The number of hydrogen-bond acceptors (Lipinski definition) is 2. The third kappa shape index (κ3) is 3.00. The number of nitrogens with zero attached hydrogens (tertiary/aromatic N) is 1. The van der Waals surface area contributed by atoms with Crippen LogP contribution >= 0.6 is 23.2 Å². The molecule has 7 heteroatoms. The number of carbonyl (C=O) groups is 1. The van der Waals surface area contributed by atoms with Crippen molar-refractivity contribution < 1.29 is 18.7 Å². The van der Waals surface area contributed by atoms with Crippen molar-refractivity contribution in [3.63, 3.8) is 0 Å². The van der Waals surface area contributed by atoms with Crippen LogP contribution in [-0.4, -0.2) is 22.0 Å². The van der Waals surface area contributed by atoms with Crippen LogP contribution in [0.2, 0.25) is 10.2 Å². The topological polar surface area (TPSA) is 50.2 Å². The molecule has 0 aliphatic rings. The van der Waals surface area contributed by atoms with E-state index in [1.54, 1.807) is 0 Å². The molecule has 0 amide bonds. The van der Waals surface area contributed by atoms with Crippen molar-refractivity contribution in [2.45, 2.75) is 12.3 Å². The van der Waals surface area contributed by atoms with Gasteiger partial charge in [0.2, 0.25) is 0 Å². The fraction of sp³-hybridized carbons (Fsp3) is 0.250. The minimum atomic E-state index is -3.83. The molecule has 0 radical (unpaired) electrons. The summed E-state index contributed by atoms with van der Waals surface area (Å²) in [6.07, 6.45) is 0.0945. The van der Waals surface area contributed by atoms with Crippen LogP contribution in [0.15, 0.2) is 12.3 Å². The summed E-state index contributed by atoms with van der Waals surface area (Å²) in [5, 5.41) is 8.19. The van der Waals surface area contributed by atoms with Gasteiger partial charge in [0.15, 0.2) is 0 Å². The van der Waals surface area contributed by atoms with Gasteiger partial charge in [-0.25, -0.2) is 9.78 Å². The van der Waals surface area contributed by atoms with Crippen molar-refractivity contribution in [3.8, 4) is 0 Å². The van der Waals surface area contributed by atoms with Gasteiger partial charge in [0.1, 0.15) is 5.15 Å². The molecule has 1 aromatic heterocycles. The summed E-state index contributed by atoms with van der Waals surface area (Å²) in [5.74, 6) is -6.02. The minimum Gasteiger partial charge on any atom is -0.477 e. The monoisotopic (exact) mass is 255 g/mol. The number of hydrogen-bond donors (Lipinski definition) is 1. The van der Waals surface area contributed by atoms with Crippen molar-refractivity contribution >= 4 is 29.2 Å².